The molecule has 2 aromatic heterocycles. The molecule has 2 heterocycles. The predicted octanol–water partition coefficient (Wildman–Crippen LogP) is 0.761. The van der Waals surface area contributed by atoms with Gasteiger partial charge in [-0.1, -0.05) is 0 Å². The lowest BCUT2D eigenvalue weighted by atomic mass is 10.2. The first-order chi connectivity index (χ1) is 10.1. The van der Waals surface area contributed by atoms with Crippen LogP contribution in [0, 0.1) is 6.92 Å². The normalized spacial score (nSPS) is 11.9. The highest BCUT2D eigenvalue weighted by atomic mass is 16.4. The third-order valence-electron chi connectivity index (χ3n) is 2.88. The van der Waals surface area contributed by atoms with Gasteiger partial charge in [-0.05, 0) is 25.1 Å². The number of carbonyl (C=O) groups is 2. The summed E-state index contributed by atoms with van der Waals surface area (Å²) < 4.78 is 10.0. The minimum absolute atomic E-state index is 0.00690. The van der Waals surface area contributed by atoms with Crippen LogP contribution in [-0.4, -0.2) is 30.0 Å². The van der Waals surface area contributed by atoms with Crippen LogP contribution in [0.1, 0.15) is 28.0 Å². The summed E-state index contributed by atoms with van der Waals surface area (Å²) in [6, 6.07) is 4.79. The van der Waals surface area contributed by atoms with Crippen molar-refractivity contribution >= 4 is 11.8 Å². The fourth-order valence-corrected chi connectivity index (χ4v) is 1.73. The molecule has 0 aromatic carbocycles. The summed E-state index contributed by atoms with van der Waals surface area (Å²) in [7, 11) is 0. The van der Waals surface area contributed by atoms with Crippen LogP contribution in [0.25, 0.3) is 0 Å². The van der Waals surface area contributed by atoms with Crippen molar-refractivity contribution in [1.82, 2.24) is 10.6 Å². The fraction of sp³-hybridized carbons (Fsp3) is 0.286. The molecule has 7 nitrogen and oxygen atoms in total. The van der Waals surface area contributed by atoms with Crippen molar-refractivity contribution in [1.29, 1.82) is 0 Å². The van der Waals surface area contributed by atoms with Crippen molar-refractivity contribution in [2.24, 2.45) is 0 Å². The van der Waals surface area contributed by atoms with Crippen molar-refractivity contribution < 1.29 is 23.5 Å². The molecule has 7 heteroatoms. The Bertz CT molecular complexity index is 603. The summed E-state index contributed by atoms with van der Waals surface area (Å²) in [5.74, 6) is 0.0626. The molecule has 21 heavy (non-hydrogen) atoms. The van der Waals surface area contributed by atoms with Gasteiger partial charge in [0.2, 0.25) is 5.91 Å². The van der Waals surface area contributed by atoms with Crippen molar-refractivity contribution in [3.63, 3.8) is 0 Å². The average molecular weight is 292 g/mol. The third-order valence-corrected chi connectivity index (χ3v) is 2.88. The molecule has 0 aliphatic carbocycles. The Hall–Kier alpha value is -2.54. The molecule has 0 aliphatic rings. The predicted molar refractivity (Wildman–Crippen MR) is 72.5 cm³/mol. The van der Waals surface area contributed by atoms with Gasteiger partial charge in [0.1, 0.15) is 17.6 Å². The quantitative estimate of drug-likeness (QED) is 0.729. The summed E-state index contributed by atoms with van der Waals surface area (Å²) >= 11 is 0. The van der Waals surface area contributed by atoms with Gasteiger partial charge in [0, 0.05) is 0 Å². The molecule has 0 fully saturated rings. The highest BCUT2D eigenvalue weighted by Gasteiger charge is 2.14. The van der Waals surface area contributed by atoms with E-state index in [1.807, 2.05) is 0 Å². The van der Waals surface area contributed by atoms with Crippen molar-refractivity contribution in [3.8, 4) is 0 Å². The van der Waals surface area contributed by atoms with Gasteiger partial charge in [0.15, 0.2) is 0 Å². The lowest BCUT2D eigenvalue weighted by Crippen LogP contribution is -2.38. The number of carbonyl (C=O) groups excluding carboxylic acids is 2. The van der Waals surface area contributed by atoms with Crippen LogP contribution in [-0.2, 0) is 4.79 Å². The lowest BCUT2D eigenvalue weighted by Gasteiger charge is -2.10. The third kappa shape index (κ3) is 3.96. The SMILES string of the molecule is Cc1occc1C(=O)NCC(=O)NCC(O)c1ccco1. The molecule has 0 radical (unpaired) electrons. The molecular weight excluding hydrogens is 276 g/mol. The Morgan fingerprint density at radius 2 is 2.05 bits per heavy atom. The molecule has 0 spiro atoms. The molecule has 2 aromatic rings. The summed E-state index contributed by atoms with van der Waals surface area (Å²) in [5.41, 5.74) is 0.387. The second kappa shape index (κ2) is 6.76. The Balaban J connectivity index is 1.73. The monoisotopic (exact) mass is 292 g/mol. The Labute approximate surface area is 120 Å². The number of rotatable bonds is 6. The molecule has 0 bridgehead atoms. The summed E-state index contributed by atoms with van der Waals surface area (Å²) in [4.78, 5) is 23.3. The van der Waals surface area contributed by atoms with Crippen LogP contribution in [0.15, 0.2) is 39.6 Å². The van der Waals surface area contributed by atoms with Crippen molar-refractivity contribution in [2.45, 2.75) is 13.0 Å². The maximum absolute atomic E-state index is 11.7. The van der Waals surface area contributed by atoms with E-state index in [1.165, 1.54) is 18.6 Å². The van der Waals surface area contributed by atoms with Gasteiger partial charge in [0.05, 0.1) is 31.2 Å². The van der Waals surface area contributed by atoms with Crippen LogP contribution in [0.2, 0.25) is 0 Å². The smallest absolute Gasteiger partial charge is 0.255 e. The van der Waals surface area contributed by atoms with E-state index in [0.29, 0.717) is 17.1 Å². The number of hydrogen-bond acceptors (Lipinski definition) is 5. The molecular formula is C14H16N2O5. The van der Waals surface area contributed by atoms with E-state index in [2.05, 4.69) is 10.6 Å². The van der Waals surface area contributed by atoms with Crippen LogP contribution in [0.3, 0.4) is 0 Å². The molecule has 0 aliphatic heterocycles. The van der Waals surface area contributed by atoms with E-state index in [9.17, 15) is 14.7 Å². The number of nitrogens with one attached hydrogen (secondary N) is 2. The summed E-state index contributed by atoms with van der Waals surface area (Å²) in [5, 5.41) is 14.7. The number of aliphatic hydroxyl groups excluding tert-OH is 1. The van der Waals surface area contributed by atoms with Crippen molar-refractivity contribution in [3.05, 3.63) is 47.8 Å². The van der Waals surface area contributed by atoms with E-state index >= 15 is 0 Å². The number of aryl methyl sites for hydroxylation is 1. The van der Waals surface area contributed by atoms with Gasteiger partial charge >= 0.3 is 0 Å². The minimum Gasteiger partial charge on any atom is -0.469 e. The zero-order chi connectivity index (χ0) is 15.2. The maximum Gasteiger partial charge on any atom is 0.255 e. The second-order valence-electron chi connectivity index (χ2n) is 4.41. The lowest BCUT2D eigenvalue weighted by molar-refractivity contribution is -0.120. The standard InChI is InChI=1S/C14H16N2O5/c1-9-10(4-6-20-9)14(19)16-8-13(18)15-7-11(17)12-3-2-5-21-12/h2-6,11,17H,7-8H2,1H3,(H,15,18)(H,16,19). The van der Waals surface area contributed by atoms with Gasteiger partial charge in [-0.2, -0.15) is 0 Å². The van der Waals surface area contributed by atoms with Crippen LogP contribution >= 0.6 is 0 Å². The van der Waals surface area contributed by atoms with Crippen LogP contribution in [0.4, 0.5) is 0 Å². The van der Waals surface area contributed by atoms with Gasteiger partial charge in [-0.15, -0.1) is 0 Å². The van der Waals surface area contributed by atoms with Crippen LogP contribution in [0.5, 0.6) is 0 Å². The zero-order valence-electron chi connectivity index (χ0n) is 11.5. The maximum atomic E-state index is 11.7. The first-order valence-electron chi connectivity index (χ1n) is 6.38. The van der Waals surface area contributed by atoms with E-state index in [0.717, 1.165) is 0 Å². The Kier molecular flexibility index (Phi) is 4.78. The Morgan fingerprint density at radius 1 is 1.24 bits per heavy atom. The van der Waals surface area contributed by atoms with Gasteiger partial charge in [0.25, 0.3) is 5.91 Å². The first kappa shape index (κ1) is 14.9. The molecule has 112 valence electrons. The largest absolute Gasteiger partial charge is 0.469 e. The molecule has 3 N–H and O–H groups in total. The Morgan fingerprint density at radius 3 is 2.67 bits per heavy atom. The molecule has 0 saturated heterocycles. The van der Waals surface area contributed by atoms with Gasteiger partial charge in [-0.3, -0.25) is 9.59 Å². The minimum atomic E-state index is -0.921. The number of amides is 2. The van der Waals surface area contributed by atoms with E-state index in [-0.39, 0.29) is 19.0 Å². The topological polar surface area (TPSA) is 105 Å². The van der Waals surface area contributed by atoms with E-state index in [1.54, 1.807) is 19.1 Å². The molecule has 2 rings (SSSR count). The molecule has 1 unspecified atom stereocenters. The first-order valence-corrected chi connectivity index (χ1v) is 6.38. The molecule has 2 amide bonds. The summed E-state index contributed by atoms with van der Waals surface area (Å²) in [6.07, 6.45) is 1.92. The van der Waals surface area contributed by atoms with Crippen molar-refractivity contribution in [2.75, 3.05) is 13.1 Å². The van der Waals surface area contributed by atoms with Gasteiger partial charge in [-0.25, -0.2) is 0 Å². The molecule has 1 atom stereocenters. The number of furan rings is 2. The number of hydrogen-bond donors (Lipinski definition) is 3. The highest BCUT2D eigenvalue weighted by molar-refractivity contribution is 5.97. The van der Waals surface area contributed by atoms with E-state index in [4.69, 9.17) is 8.83 Å². The van der Waals surface area contributed by atoms with Gasteiger partial charge < -0.3 is 24.6 Å². The highest BCUT2D eigenvalue weighted by Crippen LogP contribution is 2.11. The molecule has 0 saturated carbocycles. The average Bonchev–Trinajstić information content (AvgIpc) is 3.13. The van der Waals surface area contributed by atoms with Crippen LogP contribution < -0.4 is 10.6 Å². The number of aliphatic hydroxyl groups is 1. The second-order valence-corrected chi connectivity index (χ2v) is 4.41. The zero-order valence-corrected chi connectivity index (χ0v) is 11.5. The fourth-order valence-electron chi connectivity index (χ4n) is 1.73. The van der Waals surface area contributed by atoms with E-state index < -0.39 is 12.0 Å². The summed E-state index contributed by atoms with van der Waals surface area (Å²) in [6.45, 7) is 1.48.